The van der Waals surface area contributed by atoms with Gasteiger partial charge in [0, 0.05) is 41.1 Å². The van der Waals surface area contributed by atoms with Crippen molar-refractivity contribution >= 4 is 56.3 Å². The van der Waals surface area contributed by atoms with Crippen molar-refractivity contribution in [1.82, 2.24) is 29.1 Å². The second-order valence-corrected chi connectivity index (χ2v) is 12.5. The van der Waals surface area contributed by atoms with E-state index in [0.29, 0.717) is 28.2 Å². The van der Waals surface area contributed by atoms with E-state index < -0.39 is 35.4 Å². The number of halogens is 7. The van der Waals surface area contributed by atoms with E-state index in [1.165, 1.54) is 70.6 Å². The molecule has 0 atom stereocenters. The maximum Gasteiger partial charge on any atom is 0.417 e. The van der Waals surface area contributed by atoms with E-state index in [9.17, 15) is 35.9 Å². The first-order valence-electron chi connectivity index (χ1n) is 15.3. The van der Waals surface area contributed by atoms with Crippen molar-refractivity contribution in [2.24, 2.45) is 14.1 Å². The molecule has 4 aromatic heterocycles. The summed E-state index contributed by atoms with van der Waals surface area (Å²) >= 11 is 1.60. The Kier molecular flexibility index (Phi) is 11.6. The van der Waals surface area contributed by atoms with E-state index >= 15 is 0 Å². The molecule has 0 aliphatic carbocycles. The first kappa shape index (κ1) is 39.7. The zero-order valence-electron chi connectivity index (χ0n) is 28.9. The number of methoxy groups -OCH3 is 3. The van der Waals surface area contributed by atoms with Gasteiger partial charge in [-0.25, -0.2) is 29.5 Å². The summed E-state index contributed by atoms with van der Waals surface area (Å²) in [6.07, 6.45) is -3.08. The van der Waals surface area contributed by atoms with Gasteiger partial charge in [-0.3, -0.25) is 0 Å². The molecule has 18 heteroatoms. The number of fused-ring (bicyclic) bond motifs is 2. The molecule has 0 fully saturated rings. The van der Waals surface area contributed by atoms with E-state index in [2.05, 4.69) is 31.8 Å². The summed E-state index contributed by atoms with van der Waals surface area (Å²) in [6.45, 7) is -0.0309. The standard InChI is InChI=1S/C20H16F3N3O3.C16H11F3IN3O2/c1-26-11-24-10-18(26)17-8-14(19(27)29-3)13-7-12(5-4-6-28-2)15(20(21,22)23)9-16(13)25-17;1-23-7-21-6-14(23)13-4-9(15(24)25-2)8-3-11(20)10(16(17,18)19)5-12(8)22-13/h7-11H,6H2,1-3H3;3-7H,1-2H3. The van der Waals surface area contributed by atoms with Gasteiger partial charge in [0.2, 0.25) is 0 Å². The number of aryl methyl sites for hydroxylation is 2. The normalized spacial score (nSPS) is 11.5. The number of hydrogen-bond donors (Lipinski definition) is 0. The van der Waals surface area contributed by atoms with Crippen LogP contribution in [-0.2, 0) is 40.7 Å². The van der Waals surface area contributed by atoms with Crippen LogP contribution in [0.25, 0.3) is 44.6 Å². The van der Waals surface area contributed by atoms with Crippen LogP contribution < -0.4 is 0 Å². The fraction of sp³-hybridized carbons (Fsp3) is 0.222. The van der Waals surface area contributed by atoms with Crippen molar-refractivity contribution < 1.29 is 50.1 Å². The maximum absolute atomic E-state index is 13.6. The van der Waals surface area contributed by atoms with Crippen LogP contribution in [0.5, 0.6) is 0 Å². The lowest BCUT2D eigenvalue weighted by atomic mass is 9.99. The summed E-state index contributed by atoms with van der Waals surface area (Å²) in [5, 5.41) is 0.507. The highest BCUT2D eigenvalue weighted by atomic mass is 127. The average molecular weight is 865 g/mol. The maximum atomic E-state index is 13.6. The summed E-state index contributed by atoms with van der Waals surface area (Å²) in [4.78, 5) is 41.0. The molecule has 0 aliphatic rings. The van der Waals surface area contributed by atoms with Gasteiger partial charge in [0.25, 0.3) is 0 Å². The molecular formula is C36H27F6IN6O5. The van der Waals surface area contributed by atoms with Crippen molar-refractivity contribution in [1.29, 1.82) is 0 Å². The highest BCUT2D eigenvalue weighted by Crippen LogP contribution is 2.38. The second kappa shape index (κ2) is 15.8. The summed E-state index contributed by atoms with van der Waals surface area (Å²) in [6, 6.07) is 7.29. The molecule has 0 saturated carbocycles. The van der Waals surface area contributed by atoms with Gasteiger partial charge in [0.05, 0.1) is 95.3 Å². The predicted octanol–water partition coefficient (Wildman–Crippen LogP) is 7.48. The minimum Gasteiger partial charge on any atom is -0.465 e. The monoisotopic (exact) mass is 864 g/mol. The van der Waals surface area contributed by atoms with Gasteiger partial charge in [-0.15, -0.1) is 0 Å². The molecule has 0 radical (unpaired) electrons. The van der Waals surface area contributed by atoms with Gasteiger partial charge < -0.3 is 23.3 Å². The second-order valence-electron chi connectivity index (χ2n) is 11.4. The predicted molar refractivity (Wildman–Crippen MR) is 192 cm³/mol. The topological polar surface area (TPSA) is 123 Å². The molecule has 2 aromatic carbocycles. The third-order valence-corrected chi connectivity index (χ3v) is 8.76. The molecular weight excluding hydrogens is 837 g/mol. The van der Waals surface area contributed by atoms with Gasteiger partial charge in [-0.1, -0.05) is 11.8 Å². The largest absolute Gasteiger partial charge is 0.465 e. The molecule has 54 heavy (non-hydrogen) atoms. The number of benzene rings is 2. The van der Waals surface area contributed by atoms with Crippen molar-refractivity contribution in [3.8, 4) is 34.6 Å². The summed E-state index contributed by atoms with van der Waals surface area (Å²) in [5.74, 6) is 3.63. The third-order valence-electron chi connectivity index (χ3n) is 7.86. The SMILES string of the molecule is COC(=O)c1cc(-c2cncn2C)nc2cc(C(F)(F)F)c(I)cc12.COCC#Cc1cc2c(C(=O)OC)cc(-c3cncn3C)nc2cc1C(F)(F)F. The Morgan fingerprint density at radius 1 is 0.722 bits per heavy atom. The number of rotatable bonds is 5. The average Bonchev–Trinajstić information content (AvgIpc) is 3.76. The van der Waals surface area contributed by atoms with Crippen molar-refractivity contribution in [3.63, 3.8) is 0 Å². The summed E-state index contributed by atoms with van der Waals surface area (Å²) < 4.78 is 98.1. The van der Waals surface area contributed by atoms with Crippen molar-refractivity contribution in [2.45, 2.75) is 12.4 Å². The Morgan fingerprint density at radius 3 is 1.59 bits per heavy atom. The Morgan fingerprint density at radius 2 is 1.19 bits per heavy atom. The number of alkyl halides is 6. The van der Waals surface area contributed by atoms with E-state index in [0.717, 1.165) is 12.1 Å². The Labute approximate surface area is 316 Å². The molecule has 0 saturated heterocycles. The van der Waals surface area contributed by atoms with Crippen molar-refractivity contribution in [2.75, 3.05) is 27.9 Å². The molecule has 0 aliphatic heterocycles. The molecule has 0 amide bonds. The van der Waals surface area contributed by atoms with Gasteiger partial charge in [0.15, 0.2) is 0 Å². The molecule has 0 bridgehead atoms. The molecule has 4 heterocycles. The quantitative estimate of drug-likeness (QED) is 0.0752. The van der Waals surface area contributed by atoms with E-state index in [4.69, 9.17) is 14.2 Å². The van der Waals surface area contributed by atoms with Gasteiger partial charge in [0.1, 0.15) is 6.61 Å². The number of esters is 2. The lowest BCUT2D eigenvalue weighted by molar-refractivity contribution is -0.138. The minimum absolute atomic E-state index is 0.00582. The van der Waals surface area contributed by atoms with E-state index in [1.54, 1.807) is 45.8 Å². The highest BCUT2D eigenvalue weighted by molar-refractivity contribution is 14.1. The van der Waals surface area contributed by atoms with Crippen LogP contribution in [0.4, 0.5) is 26.3 Å². The molecule has 11 nitrogen and oxygen atoms in total. The van der Waals surface area contributed by atoms with Crippen LogP contribution >= 0.6 is 22.6 Å². The Hall–Kier alpha value is -5.55. The Balaban J connectivity index is 0.000000210. The van der Waals surface area contributed by atoms with Gasteiger partial charge in [-0.2, -0.15) is 26.3 Å². The lowest BCUT2D eigenvalue weighted by Gasteiger charge is -2.14. The molecule has 0 N–H and O–H groups in total. The van der Waals surface area contributed by atoms with Crippen LogP contribution in [0.15, 0.2) is 61.4 Å². The molecule has 6 aromatic rings. The number of nitrogens with zero attached hydrogens (tertiary/aromatic N) is 6. The number of pyridine rings is 2. The number of imidazole rings is 2. The van der Waals surface area contributed by atoms with Crippen LogP contribution in [-0.4, -0.2) is 68.9 Å². The zero-order chi connectivity index (χ0) is 39.5. The third kappa shape index (κ3) is 8.31. The summed E-state index contributed by atoms with van der Waals surface area (Å²) in [7, 11) is 7.23. The van der Waals surface area contributed by atoms with Crippen LogP contribution in [0.3, 0.4) is 0 Å². The summed E-state index contributed by atoms with van der Waals surface area (Å²) in [5.41, 5.74) is 0.000702. The van der Waals surface area contributed by atoms with E-state index in [-0.39, 0.29) is 43.3 Å². The van der Waals surface area contributed by atoms with Crippen molar-refractivity contribution in [3.05, 3.63) is 92.8 Å². The first-order chi connectivity index (χ1) is 25.5. The molecule has 280 valence electrons. The fourth-order valence-electron chi connectivity index (χ4n) is 5.31. The van der Waals surface area contributed by atoms with Crippen LogP contribution in [0.1, 0.15) is 37.4 Å². The van der Waals surface area contributed by atoms with Crippen LogP contribution in [0.2, 0.25) is 0 Å². The Bertz CT molecular complexity index is 2460. The molecule has 6 rings (SSSR count). The lowest BCUT2D eigenvalue weighted by Crippen LogP contribution is -2.10. The van der Waals surface area contributed by atoms with Gasteiger partial charge in [-0.05, 0) is 59.0 Å². The number of aromatic nitrogens is 6. The highest BCUT2D eigenvalue weighted by Gasteiger charge is 2.35. The smallest absolute Gasteiger partial charge is 0.417 e. The van der Waals surface area contributed by atoms with Crippen LogP contribution in [0, 0.1) is 15.4 Å². The molecule has 0 spiro atoms. The minimum atomic E-state index is -4.65. The number of carbonyl (C=O) groups excluding carboxylic acids is 2. The zero-order valence-corrected chi connectivity index (χ0v) is 31.0. The number of ether oxygens (including phenoxy) is 3. The van der Waals surface area contributed by atoms with E-state index in [1.807, 2.05) is 0 Å². The fourth-order valence-corrected chi connectivity index (χ4v) is 6.08. The first-order valence-corrected chi connectivity index (χ1v) is 16.4. The number of hydrogen-bond acceptors (Lipinski definition) is 9. The van der Waals surface area contributed by atoms with Gasteiger partial charge >= 0.3 is 24.3 Å². The molecule has 0 unspecified atom stereocenters. The number of carbonyl (C=O) groups is 2.